The topological polar surface area (TPSA) is 75.4 Å². The molecule has 0 bridgehead atoms. The van der Waals surface area contributed by atoms with Gasteiger partial charge >= 0.3 is 6.03 Å². The molecule has 1 aromatic carbocycles. The summed E-state index contributed by atoms with van der Waals surface area (Å²) in [5.74, 6) is -1.93. The Morgan fingerprint density at radius 3 is 2.58 bits per heavy atom. The third-order valence-corrected chi connectivity index (χ3v) is 2.72. The molecule has 3 N–H and O–H groups in total. The van der Waals surface area contributed by atoms with Gasteiger partial charge in [0.1, 0.15) is 11.6 Å². The first-order chi connectivity index (χ1) is 8.81. The zero-order valence-corrected chi connectivity index (χ0v) is 10.6. The quantitative estimate of drug-likeness (QED) is 0.857. The van der Waals surface area contributed by atoms with Crippen molar-refractivity contribution in [2.45, 2.75) is 19.5 Å². The number of hydrogen-bond acceptors (Lipinski definition) is 3. The number of nitrogens with two attached hydrogens (primary N) is 1. The van der Waals surface area contributed by atoms with Gasteiger partial charge in [0.15, 0.2) is 0 Å². The van der Waals surface area contributed by atoms with E-state index in [0.29, 0.717) is 0 Å². The van der Waals surface area contributed by atoms with Crippen molar-refractivity contribution >= 4 is 11.9 Å². The highest BCUT2D eigenvalue weighted by Gasteiger charge is 2.20. The summed E-state index contributed by atoms with van der Waals surface area (Å²) in [6.07, 6.45) is 0. The molecule has 3 amide bonds. The highest BCUT2D eigenvalue weighted by atomic mass is 19.1. The molecule has 0 aliphatic carbocycles. The van der Waals surface area contributed by atoms with E-state index >= 15 is 0 Å². The van der Waals surface area contributed by atoms with Gasteiger partial charge in [0.25, 0.3) is 0 Å². The van der Waals surface area contributed by atoms with Crippen LogP contribution in [-0.4, -0.2) is 29.9 Å². The van der Waals surface area contributed by atoms with E-state index in [-0.39, 0.29) is 12.1 Å². The summed E-state index contributed by atoms with van der Waals surface area (Å²) < 4.78 is 26.2. The van der Waals surface area contributed by atoms with E-state index in [1.807, 2.05) is 5.32 Å². The molecule has 0 saturated heterocycles. The standard InChI is InChI=1S/C12H15F2N3O2/c1-7(11(18)16-12(15)19)17(2)6-8-3-4-9(13)5-10(8)14/h3-5,7H,6H2,1-2H3,(H3,15,16,18,19)/t7-/m0/s1. The average Bonchev–Trinajstić information content (AvgIpc) is 2.30. The zero-order chi connectivity index (χ0) is 14.6. The number of nitrogens with one attached hydrogen (secondary N) is 1. The van der Waals surface area contributed by atoms with Crippen molar-refractivity contribution in [3.63, 3.8) is 0 Å². The van der Waals surface area contributed by atoms with Crippen LogP contribution in [0.4, 0.5) is 13.6 Å². The Morgan fingerprint density at radius 2 is 2.05 bits per heavy atom. The maximum atomic E-state index is 13.4. The van der Waals surface area contributed by atoms with Crippen LogP contribution in [0.3, 0.4) is 0 Å². The molecular formula is C12H15F2N3O2. The molecule has 0 aromatic heterocycles. The monoisotopic (exact) mass is 271 g/mol. The lowest BCUT2D eigenvalue weighted by Gasteiger charge is -2.23. The van der Waals surface area contributed by atoms with Crippen LogP contribution in [-0.2, 0) is 11.3 Å². The molecule has 0 heterocycles. The number of carbonyl (C=O) groups is 2. The number of carbonyl (C=O) groups excluding carboxylic acids is 2. The Morgan fingerprint density at radius 1 is 1.42 bits per heavy atom. The third kappa shape index (κ3) is 4.29. The highest BCUT2D eigenvalue weighted by Crippen LogP contribution is 2.12. The Kier molecular flexibility index (Phi) is 4.94. The molecule has 0 unspecified atom stereocenters. The van der Waals surface area contributed by atoms with Crippen LogP contribution in [0, 0.1) is 11.6 Å². The van der Waals surface area contributed by atoms with Crippen LogP contribution >= 0.6 is 0 Å². The van der Waals surface area contributed by atoms with Gasteiger partial charge in [0.05, 0.1) is 6.04 Å². The summed E-state index contributed by atoms with van der Waals surface area (Å²) >= 11 is 0. The van der Waals surface area contributed by atoms with Crippen LogP contribution < -0.4 is 11.1 Å². The number of hydrogen-bond donors (Lipinski definition) is 2. The minimum atomic E-state index is -0.946. The van der Waals surface area contributed by atoms with E-state index in [0.717, 1.165) is 12.1 Å². The Hall–Kier alpha value is -2.02. The van der Waals surface area contributed by atoms with Crippen LogP contribution in [0.15, 0.2) is 18.2 Å². The minimum absolute atomic E-state index is 0.0967. The van der Waals surface area contributed by atoms with E-state index in [1.165, 1.54) is 11.0 Å². The van der Waals surface area contributed by atoms with Crippen LogP contribution in [0.5, 0.6) is 0 Å². The number of urea groups is 1. The van der Waals surface area contributed by atoms with Crippen LogP contribution in [0.2, 0.25) is 0 Å². The number of amides is 3. The molecule has 0 aliphatic heterocycles. The van der Waals surface area contributed by atoms with E-state index < -0.39 is 29.6 Å². The molecule has 0 saturated carbocycles. The van der Waals surface area contributed by atoms with Crippen molar-refractivity contribution in [3.8, 4) is 0 Å². The summed E-state index contributed by atoms with van der Waals surface area (Å²) in [5, 5.41) is 1.94. The molecule has 7 heteroatoms. The van der Waals surface area contributed by atoms with Crippen molar-refractivity contribution < 1.29 is 18.4 Å². The van der Waals surface area contributed by atoms with Gasteiger partial charge < -0.3 is 5.73 Å². The molecule has 0 radical (unpaired) electrons. The second kappa shape index (κ2) is 6.24. The predicted molar refractivity (Wildman–Crippen MR) is 65.0 cm³/mol. The predicted octanol–water partition coefficient (Wildman–Crippen LogP) is 0.980. The molecule has 0 spiro atoms. The molecule has 0 fully saturated rings. The molecule has 5 nitrogen and oxygen atoms in total. The molecule has 1 aromatic rings. The number of halogens is 2. The third-order valence-electron chi connectivity index (χ3n) is 2.72. The lowest BCUT2D eigenvalue weighted by Crippen LogP contribution is -2.46. The largest absolute Gasteiger partial charge is 0.351 e. The summed E-state index contributed by atoms with van der Waals surface area (Å²) in [6.45, 7) is 1.64. The van der Waals surface area contributed by atoms with Gasteiger partial charge in [-0.05, 0) is 20.0 Å². The Bertz CT molecular complexity index is 494. The van der Waals surface area contributed by atoms with Gasteiger partial charge in [-0.2, -0.15) is 0 Å². The number of rotatable bonds is 4. The van der Waals surface area contributed by atoms with E-state index in [9.17, 15) is 18.4 Å². The first-order valence-corrected chi connectivity index (χ1v) is 5.55. The van der Waals surface area contributed by atoms with Crippen molar-refractivity contribution in [1.29, 1.82) is 0 Å². The average molecular weight is 271 g/mol. The lowest BCUT2D eigenvalue weighted by molar-refractivity contribution is -0.124. The first-order valence-electron chi connectivity index (χ1n) is 5.55. The van der Waals surface area contributed by atoms with Gasteiger partial charge in [0.2, 0.25) is 5.91 Å². The molecule has 1 rings (SSSR count). The fourth-order valence-electron chi connectivity index (χ4n) is 1.48. The molecule has 19 heavy (non-hydrogen) atoms. The Labute approximate surface area is 109 Å². The second-order valence-corrected chi connectivity index (χ2v) is 4.18. The SMILES string of the molecule is C[C@@H](C(=O)NC(N)=O)N(C)Cc1ccc(F)cc1F. The Balaban J connectivity index is 2.70. The lowest BCUT2D eigenvalue weighted by atomic mass is 10.1. The first kappa shape index (κ1) is 15.0. The summed E-state index contributed by atoms with van der Waals surface area (Å²) in [6, 6.07) is 1.59. The fourth-order valence-corrected chi connectivity index (χ4v) is 1.48. The maximum Gasteiger partial charge on any atom is 0.318 e. The van der Waals surface area contributed by atoms with Gasteiger partial charge in [-0.25, -0.2) is 13.6 Å². The zero-order valence-electron chi connectivity index (χ0n) is 10.6. The summed E-state index contributed by atoms with van der Waals surface area (Å²) in [7, 11) is 1.58. The highest BCUT2D eigenvalue weighted by molar-refractivity contribution is 5.96. The molecule has 104 valence electrons. The normalized spacial score (nSPS) is 12.3. The van der Waals surface area contributed by atoms with E-state index in [4.69, 9.17) is 5.73 Å². The fraction of sp³-hybridized carbons (Fsp3) is 0.333. The number of likely N-dealkylation sites (N-methyl/N-ethyl adjacent to an activating group) is 1. The van der Waals surface area contributed by atoms with Gasteiger partial charge in [0, 0.05) is 18.2 Å². The van der Waals surface area contributed by atoms with E-state index in [1.54, 1.807) is 14.0 Å². The molecule has 0 aliphatic rings. The van der Waals surface area contributed by atoms with Crippen LogP contribution in [0.25, 0.3) is 0 Å². The van der Waals surface area contributed by atoms with E-state index in [2.05, 4.69) is 0 Å². The summed E-state index contributed by atoms with van der Waals surface area (Å²) in [5.41, 5.74) is 5.09. The number of imide groups is 1. The minimum Gasteiger partial charge on any atom is -0.351 e. The summed E-state index contributed by atoms with van der Waals surface area (Å²) in [4.78, 5) is 23.6. The van der Waals surface area contributed by atoms with Crippen molar-refractivity contribution in [2.24, 2.45) is 5.73 Å². The van der Waals surface area contributed by atoms with Crippen LogP contribution in [0.1, 0.15) is 12.5 Å². The maximum absolute atomic E-state index is 13.4. The van der Waals surface area contributed by atoms with Gasteiger partial charge in [-0.1, -0.05) is 6.07 Å². The van der Waals surface area contributed by atoms with Gasteiger partial charge in [-0.3, -0.25) is 15.0 Å². The number of primary amides is 1. The van der Waals surface area contributed by atoms with Crippen molar-refractivity contribution in [2.75, 3.05) is 7.05 Å². The number of benzene rings is 1. The van der Waals surface area contributed by atoms with Crippen molar-refractivity contribution in [3.05, 3.63) is 35.4 Å². The molecular weight excluding hydrogens is 256 g/mol. The smallest absolute Gasteiger partial charge is 0.318 e. The number of nitrogens with zero attached hydrogens (tertiary/aromatic N) is 1. The van der Waals surface area contributed by atoms with Gasteiger partial charge in [-0.15, -0.1) is 0 Å². The van der Waals surface area contributed by atoms with Crippen molar-refractivity contribution in [1.82, 2.24) is 10.2 Å². The second-order valence-electron chi connectivity index (χ2n) is 4.18. The molecule has 1 atom stereocenters.